The fraction of sp³-hybridized carbons (Fsp3) is 0.500. The van der Waals surface area contributed by atoms with E-state index in [2.05, 4.69) is 12.1 Å². The summed E-state index contributed by atoms with van der Waals surface area (Å²) < 4.78 is 16.3. The Morgan fingerprint density at radius 2 is 2.20 bits per heavy atom. The topological polar surface area (TPSA) is 27.7 Å². The van der Waals surface area contributed by atoms with Gasteiger partial charge in [-0.25, -0.2) is 0 Å². The smallest absolute Gasteiger partial charge is 0.139 e. The minimum Gasteiger partial charge on any atom is -0.493 e. The van der Waals surface area contributed by atoms with Gasteiger partial charge in [-0.3, -0.25) is 0 Å². The van der Waals surface area contributed by atoms with E-state index in [0.29, 0.717) is 13.2 Å². The molecule has 3 nitrogen and oxygen atoms in total. The fourth-order valence-corrected chi connectivity index (χ4v) is 2.16. The maximum Gasteiger partial charge on any atom is 0.139 e. The molecule has 2 aliphatic rings. The average molecular weight is 206 g/mol. The van der Waals surface area contributed by atoms with Gasteiger partial charge in [0.2, 0.25) is 0 Å². The van der Waals surface area contributed by atoms with Gasteiger partial charge in [0.1, 0.15) is 11.4 Å². The van der Waals surface area contributed by atoms with Crippen molar-refractivity contribution < 1.29 is 14.2 Å². The van der Waals surface area contributed by atoms with Gasteiger partial charge in [-0.15, -0.1) is 0 Å². The fourth-order valence-electron chi connectivity index (χ4n) is 2.16. The van der Waals surface area contributed by atoms with Crippen LogP contribution in [0.5, 0.6) is 5.75 Å². The molecule has 0 aliphatic carbocycles. The second-order valence-corrected chi connectivity index (χ2v) is 4.11. The summed E-state index contributed by atoms with van der Waals surface area (Å²) in [5, 5.41) is 0. The number of rotatable bonds is 2. The molecule has 15 heavy (non-hydrogen) atoms. The molecule has 0 radical (unpaired) electrons. The molecule has 0 N–H and O–H groups in total. The van der Waals surface area contributed by atoms with E-state index in [1.807, 2.05) is 6.07 Å². The Kier molecular flexibility index (Phi) is 1.97. The maximum atomic E-state index is 5.55. The zero-order valence-electron chi connectivity index (χ0n) is 8.79. The second kappa shape index (κ2) is 3.22. The van der Waals surface area contributed by atoms with Gasteiger partial charge in [0.25, 0.3) is 0 Å². The second-order valence-electron chi connectivity index (χ2n) is 4.11. The number of ether oxygens (including phenoxy) is 3. The highest BCUT2D eigenvalue weighted by Crippen LogP contribution is 2.36. The molecule has 0 amide bonds. The van der Waals surface area contributed by atoms with E-state index in [4.69, 9.17) is 14.2 Å². The maximum absolute atomic E-state index is 5.55. The van der Waals surface area contributed by atoms with Crippen molar-refractivity contribution in [3.05, 3.63) is 29.3 Å². The van der Waals surface area contributed by atoms with Gasteiger partial charge in [-0.1, -0.05) is 6.07 Å². The van der Waals surface area contributed by atoms with Crippen LogP contribution in [0.2, 0.25) is 0 Å². The molecule has 80 valence electrons. The van der Waals surface area contributed by atoms with Crippen molar-refractivity contribution in [3.63, 3.8) is 0 Å². The van der Waals surface area contributed by atoms with E-state index in [-0.39, 0.29) is 5.60 Å². The van der Waals surface area contributed by atoms with Crippen LogP contribution >= 0.6 is 0 Å². The lowest BCUT2D eigenvalue weighted by atomic mass is 9.90. The first kappa shape index (κ1) is 9.19. The van der Waals surface area contributed by atoms with E-state index < -0.39 is 0 Å². The quantitative estimate of drug-likeness (QED) is 0.733. The Morgan fingerprint density at radius 3 is 2.87 bits per heavy atom. The number of fused-ring (bicyclic) bond motifs is 1. The van der Waals surface area contributed by atoms with Crippen molar-refractivity contribution in [1.29, 1.82) is 0 Å². The van der Waals surface area contributed by atoms with Crippen LogP contribution in [-0.2, 0) is 21.5 Å². The third-order valence-electron chi connectivity index (χ3n) is 3.28. The first-order valence-electron chi connectivity index (χ1n) is 5.23. The molecular weight excluding hydrogens is 192 g/mol. The predicted octanol–water partition coefficient (Wildman–Crippen LogP) is 1.49. The van der Waals surface area contributed by atoms with Gasteiger partial charge in [0, 0.05) is 13.5 Å². The van der Waals surface area contributed by atoms with E-state index in [9.17, 15) is 0 Å². The van der Waals surface area contributed by atoms with Crippen LogP contribution in [0.1, 0.15) is 11.1 Å². The first-order valence-corrected chi connectivity index (χ1v) is 5.23. The van der Waals surface area contributed by atoms with Crippen molar-refractivity contribution in [2.75, 3.05) is 26.9 Å². The Bertz CT molecular complexity index is 377. The Balaban J connectivity index is 1.98. The van der Waals surface area contributed by atoms with Crippen LogP contribution in [0.25, 0.3) is 0 Å². The van der Waals surface area contributed by atoms with Gasteiger partial charge in [0.05, 0.1) is 19.8 Å². The summed E-state index contributed by atoms with van der Waals surface area (Å²) in [4.78, 5) is 0. The third kappa shape index (κ3) is 1.27. The summed E-state index contributed by atoms with van der Waals surface area (Å²) in [6.07, 6.45) is 1.00. The highest BCUT2D eigenvalue weighted by Gasteiger charge is 2.41. The van der Waals surface area contributed by atoms with Gasteiger partial charge < -0.3 is 14.2 Å². The Labute approximate surface area is 89.0 Å². The third-order valence-corrected chi connectivity index (χ3v) is 3.28. The molecule has 0 saturated carbocycles. The lowest BCUT2D eigenvalue weighted by molar-refractivity contribution is -0.202. The SMILES string of the molecule is COC1(c2ccc3c(c2)CCO3)COC1. The number of hydrogen-bond acceptors (Lipinski definition) is 3. The Hall–Kier alpha value is -1.06. The highest BCUT2D eigenvalue weighted by molar-refractivity contribution is 5.42. The summed E-state index contributed by atoms with van der Waals surface area (Å²) in [5.74, 6) is 1.02. The molecular formula is C12H14O3. The molecule has 0 spiro atoms. The summed E-state index contributed by atoms with van der Waals surface area (Å²) in [7, 11) is 1.74. The van der Waals surface area contributed by atoms with Crippen LogP contribution in [0, 0.1) is 0 Å². The molecule has 2 aliphatic heterocycles. The first-order chi connectivity index (χ1) is 7.34. The van der Waals surface area contributed by atoms with E-state index in [1.54, 1.807) is 7.11 Å². The summed E-state index contributed by atoms with van der Waals surface area (Å²) in [6, 6.07) is 6.31. The molecule has 0 unspecified atom stereocenters. The predicted molar refractivity (Wildman–Crippen MR) is 55.1 cm³/mol. The van der Waals surface area contributed by atoms with Crippen molar-refractivity contribution in [2.24, 2.45) is 0 Å². The van der Waals surface area contributed by atoms with Gasteiger partial charge in [-0.05, 0) is 23.3 Å². The number of methoxy groups -OCH3 is 1. The molecule has 2 heterocycles. The molecule has 0 aromatic heterocycles. The average Bonchev–Trinajstić information content (AvgIpc) is 2.64. The largest absolute Gasteiger partial charge is 0.493 e. The van der Waals surface area contributed by atoms with E-state index in [1.165, 1.54) is 11.1 Å². The van der Waals surface area contributed by atoms with E-state index in [0.717, 1.165) is 18.8 Å². The van der Waals surface area contributed by atoms with Crippen LogP contribution in [0.4, 0.5) is 0 Å². The standard InChI is InChI=1S/C12H14O3/c1-13-12(7-14-8-12)10-2-3-11-9(6-10)4-5-15-11/h2-3,6H,4-5,7-8H2,1H3. The minimum absolute atomic E-state index is 0.211. The van der Waals surface area contributed by atoms with Crippen LogP contribution in [0.15, 0.2) is 18.2 Å². The van der Waals surface area contributed by atoms with Gasteiger partial charge >= 0.3 is 0 Å². The molecule has 1 saturated heterocycles. The monoisotopic (exact) mass is 206 g/mol. The van der Waals surface area contributed by atoms with Gasteiger partial charge in [-0.2, -0.15) is 0 Å². The molecule has 3 rings (SSSR count). The highest BCUT2D eigenvalue weighted by atomic mass is 16.6. The van der Waals surface area contributed by atoms with Crippen LogP contribution in [-0.4, -0.2) is 26.9 Å². The normalized spacial score (nSPS) is 21.7. The Morgan fingerprint density at radius 1 is 1.33 bits per heavy atom. The van der Waals surface area contributed by atoms with Crippen molar-refractivity contribution >= 4 is 0 Å². The van der Waals surface area contributed by atoms with Crippen molar-refractivity contribution in [3.8, 4) is 5.75 Å². The molecule has 1 aromatic carbocycles. The molecule has 0 bridgehead atoms. The van der Waals surface area contributed by atoms with Crippen LogP contribution < -0.4 is 4.74 Å². The van der Waals surface area contributed by atoms with Crippen LogP contribution in [0.3, 0.4) is 0 Å². The summed E-state index contributed by atoms with van der Waals surface area (Å²) in [6.45, 7) is 2.11. The number of hydrogen-bond donors (Lipinski definition) is 0. The zero-order chi connectivity index (χ0) is 10.3. The molecule has 3 heteroatoms. The number of benzene rings is 1. The molecule has 1 aromatic rings. The lowest BCUT2D eigenvalue weighted by Crippen LogP contribution is -2.48. The van der Waals surface area contributed by atoms with Crippen molar-refractivity contribution in [1.82, 2.24) is 0 Å². The zero-order valence-corrected chi connectivity index (χ0v) is 8.79. The molecule has 0 atom stereocenters. The van der Waals surface area contributed by atoms with E-state index >= 15 is 0 Å². The lowest BCUT2D eigenvalue weighted by Gasteiger charge is -2.40. The van der Waals surface area contributed by atoms with Crippen molar-refractivity contribution in [2.45, 2.75) is 12.0 Å². The summed E-state index contributed by atoms with van der Waals surface area (Å²) in [5.41, 5.74) is 2.29. The molecule has 1 fully saturated rings. The summed E-state index contributed by atoms with van der Waals surface area (Å²) >= 11 is 0. The minimum atomic E-state index is -0.211. The van der Waals surface area contributed by atoms with Gasteiger partial charge in [0.15, 0.2) is 0 Å².